The van der Waals surface area contributed by atoms with Crippen molar-refractivity contribution in [3.05, 3.63) is 77.4 Å². The van der Waals surface area contributed by atoms with E-state index in [0.29, 0.717) is 11.4 Å². The second-order valence-electron chi connectivity index (χ2n) is 9.00. The van der Waals surface area contributed by atoms with Gasteiger partial charge in [0.15, 0.2) is 0 Å². The van der Waals surface area contributed by atoms with Crippen molar-refractivity contribution in [3.8, 4) is 0 Å². The molecule has 0 atom stereocenters. The van der Waals surface area contributed by atoms with Gasteiger partial charge in [0, 0.05) is 25.6 Å². The number of sulfonamides is 1. The highest BCUT2D eigenvalue weighted by Crippen LogP contribution is 2.22. The van der Waals surface area contributed by atoms with E-state index in [-0.39, 0.29) is 0 Å². The first-order valence-electron chi connectivity index (χ1n) is 10.4. The lowest BCUT2D eigenvalue weighted by molar-refractivity contribution is -0.903. The Balaban J connectivity index is 1.62. The molecule has 5 heteroatoms. The van der Waals surface area contributed by atoms with Gasteiger partial charge in [0.25, 0.3) is 0 Å². The molecule has 30 heavy (non-hydrogen) atoms. The van der Waals surface area contributed by atoms with Crippen LogP contribution in [-0.4, -0.2) is 51.4 Å². The number of nitrogens with zero attached hydrogens (tertiary/aromatic N) is 2. The lowest BCUT2D eigenvalue weighted by Gasteiger charge is -2.31. The number of quaternary nitrogens is 1. The highest BCUT2D eigenvalue weighted by molar-refractivity contribution is 7.89. The summed E-state index contributed by atoms with van der Waals surface area (Å²) >= 11 is 0. The van der Waals surface area contributed by atoms with Crippen molar-refractivity contribution in [2.24, 2.45) is 0 Å². The summed E-state index contributed by atoms with van der Waals surface area (Å²) in [6.07, 6.45) is 0.807. The molecule has 0 aliphatic heterocycles. The Labute approximate surface area is 181 Å². The average Bonchev–Trinajstić information content (AvgIpc) is 2.66. The Morgan fingerprint density at radius 3 is 2.17 bits per heavy atom. The van der Waals surface area contributed by atoms with Crippen molar-refractivity contribution in [2.75, 3.05) is 34.2 Å². The highest BCUT2D eigenvalue weighted by Gasteiger charge is 2.22. The number of fused-ring (bicyclic) bond motifs is 1. The summed E-state index contributed by atoms with van der Waals surface area (Å²) in [7, 11) is 2.59. The van der Waals surface area contributed by atoms with E-state index in [4.69, 9.17) is 0 Å². The molecule has 0 amide bonds. The molecule has 0 N–H and O–H groups in total. The van der Waals surface area contributed by atoms with Gasteiger partial charge in [-0.25, -0.2) is 12.7 Å². The molecule has 0 unspecified atom stereocenters. The second kappa shape index (κ2) is 8.88. The molecule has 0 aliphatic carbocycles. The van der Waals surface area contributed by atoms with Gasteiger partial charge in [0.2, 0.25) is 10.0 Å². The molecule has 4 nitrogen and oxygen atoms in total. The minimum atomic E-state index is -3.49. The molecule has 3 aromatic rings. The molecule has 0 spiro atoms. The minimum Gasteiger partial charge on any atom is -0.325 e. The number of hydrogen-bond donors (Lipinski definition) is 0. The molecule has 0 fully saturated rings. The maximum atomic E-state index is 13.0. The monoisotopic (exact) mass is 425 g/mol. The van der Waals surface area contributed by atoms with E-state index in [1.54, 1.807) is 19.2 Å². The van der Waals surface area contributed by atoms with Crippen molar-refractivity contribution in [3.63, 3.8) is 0 Å². The van der Waals surface area contributed by atoms with E-state index in [1.807, 2.05) is 30.3 Å². The molecular weight excluding hydrogens is 392 g/mol. The van der Waals surface area contributed by atoms with Crippen molar-refractivity contribution in [1.29, 1.82) is 0 Å². The first kappa shape index (κ1) is 22.5. The van der Waals surface area contributed by atoms with E-state index in [1.165, 1.54) is 21.0 Å². The summed E-state index contributed by atoms with van der Waals surface area (Å²) < 4.78 is 28.3. The largest absolute Gasteiger partial charge is 0.325 e. The van der Waals surface area contributed by atoms with Crippen molar-refractivity contribution in [2.45, 2.75) is 31.7 Å². The van der Waals surface area contributed by atoms with Gasteiger partial charge >= 0.3 is 0 Å². The number of benzene rings is 3. The van der Waals surface area contributed by atoms with Crippen LogP contribution < -0.4 is 0 Å². The Morgan fingerprint density at radius 1 is 0.867 bits per heavy atom. The summed E-state index contributed by atoms with van der Waals surface area (Å²) in [5.74, 6) is 0. The van der Waals surface area contributed by atoms with E-state index >= 15 is 0 Å². The van der Waals surface area contributed by atoms with Crippen LogP contribution in [0.25, 0.3) is 10.8 Å². The van der Waals surface area contributed by atoms with Gasteiger partial charge in [0.05, 0.1) is 25.5 Å². The molecule has 3 rings (SSSR count). The first-order chi connectivity index (χ1) is 14.1. The van der Waals surface area contributed by atoms with E-state index in [0.717, 1.165) is 34.8 Å². The Kier molecular flexibility index (Phi) is 6.65. The van der Waals surface area contributed by atoms with Crippen molar-refractivity contribution >= 4 is 20.8 Å². The van der Waals surface area contributed by atoms with Gasteiger partial charge in [-0.1, -0.05) is 59.7 Å². The zero-order valence-corrected chi connectivity index (χ0v) is 19.5. The van der Waals surface area contributed by atoms with Gasteiger partial charge in [-0.2, -0.15) is 0 Å². The highest BCUT2D eigenvalue weighted by atomic mass is 32.2. The van der Waals surface area contributed by atoms with Crippen molar-refractivity contribution in [1.82, 2.24) is 4.31 Å². The smallest absolute Gasteiger partial charge is 0.242 e. The number of hydrogen-bond acceptors (Lipinski definition) is 2. The van der Waals surface area contributed by atoms with Crippen molar-refractivity contribution < 1.29 is 12.9 Å². The lowest BCUT2D eigenvalue weighted by atomic mass is 10.1. The fraction of sp³-hybridized carbons (Fsp3) is 0.360. The molecule has 0 saturated heterocycles. The maximum absolute atomic E-state index is 13.0. The predicted octanol–water partition coefficient (Wildman–Crippen LogP) is 4.74. The third kappa shape index (κ3) is 5.48. The Hall–Kier alpha value is -2.21. The Bertz CT molecular complexity index is 1120. The summed E-state index contributed by atoms with van der Waals surface area (Å²) in [5, 5.41) is 1.99. The van der Waals surface area contributed by atoms with Gasteiger partial charge in [-0.05, 0) is 36.8 Å². The van der Waals surface area contributed by atoms with Gasteiger partial charge < -0.3 is 4.48 Å². The molecule has 0 heterocycles. The molecule has 0 bridgehead atoms. The Morgan fingerprint density at radius 2 is 1.50 bits per heavy atom. The molecule has 0 aromatic heterocycles. The summed E-state index contributed by atoms with van der Waals surface area (Å²) in [5.41, 5.74) is 3.90. The molecule has 160 valence electrons. The van der Waals surface area contributed by atoms with E-state index in [9.17, 15) is 8.42 Å². The third-order valence-electron chi connectivity index (χ3n) is 5.56. The number of rotatable bonds is 8. The van der Waals surface area contributed by atoms with E-state index < -0.39 is 10.0 Å². The molecule has 0 radical (unpaired) electrons. The van der Waals surface area contributed by atoms with Crippen LogP contribution in [0.2, 0.25) is 0 Å². The van der Waals surface area contributed by atoms with Gasteiger partial charge in [-0.15, -0.1) is 0 Å². The molecule has 3 aromatic carbocycles. The SMILES string of the molecule is Cc1cc(C)cc(C[N+](C)(C)CCCN(C)S(=O)(=O)c2ccc3ccccc3c2)c1. The zero-order chi connectivity index (χ0) is 21.9. The van der Waals surface area contributed by atoms with Crippen LogP contribution in [0.5, 0.6) is 0 Å². The number of aryl methyl sites for hydroxylation is 2. The standard InChI is InChI=1S/C25H33N2O2S/c1-20-15-21(2)17-22(16-20)19-27(4,5)14-8-13-26(3)30(28,29)25-12-11-23-9-6-7-10-24(23)18-25/h6-7,9-12,15-18H,8,13-14,19H2,1-5H3/q+1. The third-order valence-corrected chi connectivity index (χ3v) is 7.41. The summed E-state index contributed by atoms with van der Waals surface area (Å²) in [4.78, 5) is 0.354. The fourth-order valence-electron chi connectivity index (χ4n) is 4.08. The summed E-state index contributed by atoms with van der Waals surface area (Å²) in [6, 6.07) is 19.8. The molecule has 0 aliphatic rings. The van der Waals surface area contributed by atoms with Crippen LogP contribution in [0.1, 0.15) is 23.1 Å². The molecular formula is C25H33N2O2S+. The van der Waals surface area contributed by atoms with Gasteiger partial charge in [-0.3, -0.25) is 0 Å². The second-order valence-corrected chi connectivity index (χ2v) is 11.0. The van der Waals surface area contributed by atoms with Crippen LogP contribution in [0.3, 0.4) is 0 Å². The van der Waals surface area contributed by atoms with Crippen LogP contribution in [0.4, 0.5) is 0 Å². The average molecular weight is 426 g/mol. The minimum absolute atomic E-state index is 0.354. The maximum Gasteiger partial charge on any atom is 0.242 e. The molecule has 0 saturated carbocycles. The van der Waals surface area contributed by atoms with E-state index in [2.05, 4.69) is 46.1 Å². The van der Waals surface area contributed by atoms with Crippen LogP contribution >= 0.6 is 0 Å². The topological polar surface area (TPSA) is 37.4 Å². The van der Waals surface area contributed by atoms with Crippen LogP contribution in [0, 0.1) is 13.8 Å². The first-order valence-corrected chi connectivity index (χ1v) is 11.9. The normalized spacial score (nSPS) is 12.6. The predicted molar refractivity (Wildman–Crippen MR) is 125 cm³/mol. The summed E-state index contributed by atoms with van der Waals surface area (Å²) in [6.45, 7) is 6.60. The van der Waals surface area contributed by atoms with Crippen LogP contribution in [-0.2, 0) is 16.6 Å². The fourth-order valence-corrected chi connectivity index (χ4v) is 5.33. The van der Waals surface area contributed by atoms with Gasteiger partial charge in [0.1, 0.15) is 6.54 Å². The lowest BCUT2D eigenvalue weighted by Crippen LogP contribution is -2.41. The zero-order valence-electron chi connectivity index (χ0n) is 18.7. The quantitative estimate of drug-likeness (QED) is 0.489. The van der Waals surface area contributed by atoms with Crippen LogP contribution in [0.15, 0.2) is 65.6 Å².